The van der Waals surface area contributed by atoms with Crippen LogP contribution in [0.4, 0.5) is 11.4 Å². The first-order valence-corrected chi connectivity index (χ1v) is 11.3. The van der Waals surface area contributed by atoms with Crippen molar-refractivity contribution in [3.63, 3.8) is 0 Å². The van der Waals surface area contributed by atoms with Gasteiger partial charge in [0.1, 0.15) is 5.75 Å². The highest BCUT2D eigenvalue weighted by molar-refractivity contribution is 9.10. The van der Waals surface area contributed by atoms with Crippen LogP contribution in [0.3, 0.4) is 0 Å². The minimum Gasteiger partial charge on any atom is -0.492 e. The van der Waals surface area contributed by atoms with E-state index in [1.54, 1.807) is 48.5 Å². The Labute approximate surface area is 197 Å². The van der Waals surface area contributed by atoms with Crippen molar-refractivity contribution in [3.8, 4) is 5.75 Å². The number of anilines is 2. The zero-order chi connectivity index (χ0) is 23.1. The second kappa shape index (κ2) is 11.0. The maximum Gasteiger partial charge on any atom is 0.255 e. The molecule has 0 aliphatic rings. The molecule has 0 aliphatic carbocycles. The number of halogens is 1. The van der Waals surface area contributed by atoms with E-state index in [1.165, 1.54) is 0 Å². The third-order valence-corrected chi connectivity index (χ3v) is 5.56. The average Bonchev–Trinajstić information content (AvgIpc) is 2.76. The van der Waals surface area contributed by atoms with Gasteiger partial charge in [-0.1, -0.05) is 32.0 Å². The molecule has 5 nitrogen and oxygen atoms in total. The lowest BCUT2D eigenvalue weighted by Crippen LogP contribution is -2.14. The van der Waals surface area contributed by atoms with Gasteiger partial charge in [-0.2, -0.15) is 0 Å². The third-order valence-electron chi connectivity index (χ3n) is 4.94. The predicted molar refractivity (Wildman–Crippen MR) is 133 cm³/mol. The fourth-order valence-electron chi connectivity index (χ4n) is 3.03. The Morgan fingerprint density at radius 1 is 0.906 bits per heavy atom. The summed E-state index contributed by atoms with van der Waals surface area (Å²) in [5, 5.41) is 5.75. The van der Waals surface area contributed by atoms with E-state index in [2.05, 4.69) is 40.4 Å². The van der Waals surface area contributed by atoms with Crippen molar-refractivity contribution in [3.05, 3.63) is 87.9 Å². The molecule has 0 fully saturated rings. The van der Waals surface area contributed by atoms with E-state index in [9.17, 15) is 9.59 Å². The molecule has 0 atom stereocenters. The first kappa shape index (κ1) is 23.5. The Bertz CT molecular complexity index is 1090. The number of hydrogen-bond donors (Lipinski definition) is 2. The van der Waals surface area contributed by atoms with Crippen molar-refractivity contribution < 1.29 is 14.3 Å². The van der Waals surface area contributed by atoms with Gasteiger partial charge in [-0.05, 0) is 89.3 Å². The van der Waals surface area contributed by atoms with Gasteiger partial charge in [-0.25, -0.2) is 0 Å². The highest BCUT2D eigenvalue weighted by atomic mass is 79.9. The zero-order valence-electron chi connectivity index (χ0n) is 18.4. The Morgan fingerprint density at radius 2 is 1.53 bits per heavy atom. The van der Waals surface area contributed by atoms with Gasteiger partial charge in [0.15, 0.2) is 0 Å². The second-order valence-electron chi connectivity index (χ2n) is 7.98. The van der Waals surface area contributed by atoms with E-state index < -0.39 is 0 Å². The van der Waals surface area contributed by atoms with Crippen LogP contribution >= 0.6 is 15.9 Å². The van der Waals surface area contributed by atoms with Crippen LogP contribution in [-0.2, 0) is 0 Å². The van der Waals surface area contributed by atoms with Gasteiger partial charge in [0.25, 0.3) is 11.8 Å². The van der Waals surface area contributed by atoms with Crippen LogP contribution in [0.5, 0.6) is 5.75 Å². The van der Waals surface area contributed by atoms with Crippen LogP contribution < -0.4 is 15.4 Å². The number of hydrogen-bond acceptors (Lipinski definition) is 3. The molecule has 0 saturated heterocycles. The average molecular weight is 495 g/mol. The Morgan fingerprint density at radius 3 is 2.12 bits per heavy atom. The summed E-state index contributed by atoms with van der Waals surface area (Å²) in [6.07, 6.45) is 0.968. The molecule has 2 N–H and O–H groups in total. The van der Waals surface area contributed by atoms with Crippen molar-refractivity contribution in [1.29, 1.82) is 0 Å². The summed E-state index contributed by atoms with van der Waals surface area (Å²) in [6, 6.07) is 19.7. The highest BCUT2D eigenvalue weighted by Gasteiger charge is 2.11. The minimum absolute atomic E-state index is 0.166. The van der Waals surface area contributed by atoms with E-state index in [4.69, 9.17) is 4.74 Å². The van der Waals surface area contributed by atoms with Crippen molar-refractivity contribution in [2.45, 2.75) is 27.2 Å². The fourth-order valence-corrected chi connectivity index (χ4v) is 3.52. The SMILES string of the molecule is Cc1ccccc1C(=O)Nc1ccc(NC(=O)c2ccc(OCCC(C)C)c(Br)c2)cc1. The van der Waals surface area contributed by atoms with Crippen LogP contribution in [0.25, 0.3) is 0 Å². The lowest BCUT2D eigenvalue weighted by Gasteiger charge is -2.12. The van der Waals surface area contributed by atoms with Gasteiger partial charge in [-0.15, -0.1) is 0 Å². The lowest BCUT2D eigenvalue weighted by atomic mass is 10.1. The summed E-state index contributed by atoms with van der Waals surface area (Å²) < 4.78 is 6.51. The number of benzene rings is 3. The molecule has 3 aromatic rings. The maximum absolute atomic E-state index is 12.6. The van der Waals surface area contributed by atoms with Crippen LogP contribution in [0, 0.1) is 12.8 Å². The smallest absolute Gasteiger partial charge is 0.255 e. The van der Waals surface area contributed by atoms with E-state index >= 15 is 0 Å². The summed E-state index contributed by atoms with van der Waals surface area (Å²) >= 11 is 3.48. The first-order valence-electron chi connectivity index (χ1n) is 10.5. The number of carbonyl (C=O) groups is 2. The molecular weight excluding hydrogens is 468 g/mol. The monoisotopic (exact) mass is 494 g/mol. The van der Waals surface area contributed by atoms with Crippen molar-refractivity contribution in [2.24, 2.45) is 5.92 Å². The van der Waals surface area contributed by atoms with Crippen LogP contribution in [0.1, 0.15) is 46.5 Å². The molecule has 0 spiro atoms. The molecule has 6 heteroatoms. The predicted octanol–water partition coefficient (Wildman–Crippen LogP) is 6.69. The minimum atomic E-state index is -0.226. The standard InChI is InChI=1S/C26H27BrN2O3/c1-17(2)14-15-32-24-13-8-19(16-23(24)27)25(30)28-20-9-11-21(12-10-20)29-26(31)22-7-5-4-6-18(22)3/h4-13,16-17H,14-15H2,1-3H3,(H,28,30)(H,29,31). The van der Waals surface area contributed by atoms with E-state index in [1.807, 2.05) is 25.1 Å². The number of nitrogens with one attached hydrogen (secondary N) is 2. The maximum atomic E-state index is 12.6. The molecule has 0 bridgehead atoms. The third kappa shape index (κ3) is 6.44. The Hall–Kier alpha value is -3.12. The van der Waals surface area contributed by atoms with Gasteiger partial charge >= 0.3 is 0 Å². The van der Waals surface area contributed by atoms with Gasteiger partial charge in [0.2, 0.25) is 0 Å². The lowest BCUT2D eigenvalue weighted by molar-refractivity contribution is 0.101. The van der Waals surface area contributed by atoms with Crippen LogP contribution in [0.15, 0.2) is 71.2 Å². The fraction of sp³-hybridized carbons (Fsp3) is 0.231. The summed E-state index contributed by atoms with van der Waals surface area (Å²) in [5.41, 5.74) is 3.35. The zero-order valence-corrected chi connectivity index (χ0v) is 20.0. The summed E-state index contributed by atoms with van der Waals surface area (Å²) in [4.78, 5) is 25.1. The van der Waals surface area contributed by atoms with Gasteiger partial charge in [0, 0.05) is 22.5 Å². The van der Waals surface area contributed by atoms with E-state index in [0.717, 1.165) is 22.2 Å². The van der Waals surface area contributed by atoms with Crippen LogP contribution in [-0.4, -0.2) is 18.4 Å². The van der Waals surface area contributed by atoms with Crippen molar-refractivity contribution in [1.82, 2.24) is 0 Å². The van der Waals surface area contributed by atoms with Crippen molar-refractivity contribution >= 4 is 39.1 Å². The van der Waals surface area contributed by atoms with Crippen LogP contribution in [0.2, 0.25) is 0 Å². The molecule has 0 aliphatic heterocycles. The van der Waals surface area contributed by atoms with Gasteiger partial charge in [-0.3, -0.25) is 9.59 Å². The highest BCUT2D eigenvalue weighted by Crippen LogP contribution is 2.27. The number of amides is 2. The Kier molecular flexibility index (Phi) is 8.06. The van der Waals surface area contributed by atoms with Gasteiger partial charge in [0.05, 0.1) is 11.1 Å². The number of ether oxygens (including phenoxy) is 1. The summed E-state index contributed by atoms with van der Waals surface area (Å²) in [6.45, 7) is 6.83. The molecule has 0 heterocycles. The van der Waals surface area contributed by atoms with Gasteiger partial charge < -0.3 is 15.4 Å². The second-order valence-corrected chi connectivity index (χ2v) is 8.83. The molecule has 0 saturated carbocycles. The molecule has 3 rings (SSSR count). The normalized spacial score (nSPS) is 10.7. The molecule has 166 valence electrons. The molecule has 32 heavy (non-hydrogen) atoms. The molecule has 0 radical (unpaired) electrons. The molecule has 0 unspecified atom stereocenters. The molecule has 0 aromatic heterocycles. The number of rotatable bonds is 8. The Balaban J connectivity index is 1.59. The largest absolute Gasteiger partial charge is 0.492 e. The first-order chi connectivity index (χ1) is 15.3. The molecule has 2 amide bonds. The number of carbonyl (C=O) groups excluding carboxylic acids is 2. The van der Waals surface area contributed by atoms with Crippen molar-refractivity contribution in [2.75, 3.05) is 17.2 Å². The molecule has 3 aromatic carbocycles. The quantitative estimate of drug-likeness (QED) is 0.366. The summed E-state index contributed by atoms with van der Waals surface area (Å²) in [7, 11) is 0. The summed E-state index contributed by atoms with van der Waals surface area (Å²) in [5.74, 6) is 0.897. The molecular formula is C26H27BrN2O3. The number of aryl methyl sites for hydroxylation is 1. The van der Waals surface area contributed by atoms with E-state index in [0.29, 0.717) is 35.0 Å². The topological polar surface area (TPSA) is 67.4 Å². The van der Waals surface area contributed by atoms with E-state index in [-0.39, 0.29) is 11.8 Å².